The molecule has 1 saturated heterocycles. The molecule has 6 heteroatoms. The van der Waals surface area contributed by atoms with Crippen LogP contribution in [0, 0.1) is 5.92 Å². The Labute approximate surface area is 174 Å². The highest BCUT2D eigenvalue weighted by atomic mass is 16.1. The van der Waals surface area contributed by atoms with Crippen LogP contribution in [-0.2, 0) is 13.1 Å². The quantitative estimate of drug-likeness (QED) is 0.575. The third kappa shape index (κ3) is 2.87. The lowest BCUT2D eigenvalue weighted by atomic mass is 9.82. The SMILES string of the molecule is O=c1c(-c2ncc[nH]2)ccc2n1C[C@H]1C[C@@H]2CN(Cc2ccnc3ccccc23)C1. The number of pyridine rings is 2. The number of aromatic nitrogens is 4. The van der Waals surface area contributed by atoms with Crippen LogP contribution in [0.2, 0.25) is 0 Å². The molecule has 30 heavy (non-hydrogen) atoms. The zero-order valence-electron chi connectivity index (χ0n) is 16.7. The summed E-state index contributed by atoms with van der Waals surface area (Å²) in [6, 6.07) is 14.6. The Kier molecular flexibility index (Phi) is 4.06. The van der Waals surface area contributed by atoms with Crippen LogP contribution < -0.4 is 5.56 Å². The Balaban J connectivity index is 1.30. The fourth-order valence-corrected chi connectivity index (χ4v) is 5.30. The van der Waals surface area contributed by atoms with Crippen molar-refractivity contribution in [3.8, 4) is 11.4 Å². The van der Waals surface area contributed by atoms with Gasteiger partial charge in [-0.15, -0.1) is 0 Å². The summed E-state index contributed by atoms with van der Waals surface area (Å²) >= 11 is 0. The standard InChI is InChI=1S/C24H23N5O/c30-24-20(23-26-9-10-27-23)5-6-22-18-11-16(13-29(22)24)12-28(15-18)14-17-7-8-25-21-4-2-1-3-19(17)21/h1-10,16,18H,11-15H2,(H,26,27)/t16-,18+/m0/s1. The first kappa shape index (κ1) is 17.6. The van der Waals surface area contributed by atoms with Gasteiger partial charge in [0.15, 0.2) is 0 Å². The van der Waals surface area contributed by atoms with E-state index >= 15 is 0 Å². The molecule has 0 spiro atoms. The molecule has 5 heterocycles. The molecule has 1 N–H and O–H groups in total. The van der Waals surface area contributed by atoms with Crippen molar-refractivity contribution in [3.05, 3.63) is 82.7 Å². The summed E-state index contributed by atoms with van der Waals surface area (Å²) in [7, 11) is 0. The molecule has 2 atom stereocenters. The van der Waals surface area contributed by atoms with Gasteiger partial charge in [-0.2, -0.15) is 0 Å². The van der Waals surface area contributed by atoms with Gasteiger partial charge in [-0.1, -0.05) is 18.2 Å². The fraction of sp³-hybridized carbons (Fsp3) is 0.292. The first-order chi connectivity index (χ1) is 14.8. The summed E-state index contributed by atoms with van der Waals surface area (Å²) < 4.78 is 2.00. The molecule has 0 unspecified atom stereocenters. The second-order valence-electron chi connectivity index (χ2n) is 8.51. The third-order valence-electron chi connectivity index (χ3n) is 6.57. The molecule has 6 rings (SSSR count). The molecule has 6 nitrogen and oxygen atoms in total. The molecule has 1 aromatic carbocycles. The van der Waals surface area contributed by atoms with E-state index in [-0.39, 0.29) is 5.56 Å². The van der Waals surface area contributed by atoms with Gasteiger partial charge in [0.25, 0.3) is 5.56 Å². The van der Waals surface area contributed by atoms with E-state index < -0.39 is 0 Å². The van der Waals surface area contributed by atoms with Gasteiger partial charge in [0.05, 0.1) is 11.1 Å². The summed E-state index contributed by atoms with van der Waals surface area (Å²) in [6.07, 6.45) is 6.52. The third-order valence-corrected chi connectivity index (χ3v) is 6.57. The van der Waals surface area contributed by atoms with E-state index in [0.29, 0.717) is 23.2 Å². The molecule has 0 radical (unpaired) electrons. The number of piperidine rings is 1. The first-order valence-corrected chi connectivity index (χ1v) is 10.5. The Hall–Kier alpha value is -3.25. The van der Waals surface area contributed by atoms with Gasteiger partial charge in [0.1, 0.15) is 5.82 Å². The van der Waals surface area contributed by atoms with Crippen LogP contribution in [0.3, 0.4) is 0 Å². The average Bonchev–Trinajstić information content (AvgIpc) is 3.29. The topological polar surface area (TPSA) is 66.8 Å². The minimum absolute atomic E-state index is 0.0747. The largest absolute Gasteiger partial charge is 0.344 e. The zero-order valence-corrected chi connectivity index (χ0v) is 16.7. The first-order valence-electron chi connectivity index (χ1n) is 10.5. The number of hydrogen-bond acceptors (Lipinski definition) is 4. The highest BCUT2D eigenvalue weighted by Crippen LogP contribution is 2.36. The highest BCUT2D eigenvalue weighted by Gasteiger charge is 2.35. The lowest BCUT2D eigenvalue weighted by molar-refractivity contribution is 0.115. The van der Waals surface area contributed by atoms with Crippen molar-refractivity contribution in [2.75, 3.05) is 13.1 Å². The van der Waals surface area contributed by atoms with E-state index in [9.17, 15) is 4.79 Å². The van der Waals surface area contributed by atoms with Crippen molar-refractivity contribution in [2.45, 2.75) is 25.4 Å². The monoisotopic (exact) mass is 397 g/mol. The van der Waals surface area contributed by atoms with Crippen LogP contribution in [0.15, 0.2) is 65.8 Å². The summed E-state index contributed by atoms with van der Waals surface area (Å²) in [5.74, 6) is 1.54. The van der Waals surface area contributed by atoms with Crippen molar-refractivity contribution in [3.63, 3.8) is 0 Å². The molecule has 0 saturated carbocycles. The molecule has 150 valence electrons. The van der Waals surface area contributed by atoms with Crippen LogP contribution in [0.25, 0.3) is 22.3 Å². The van der Waals surface area contributed by atoms with Crippen molar-refractivity contribution in [2.24, 2.45) is 5.92 Å². The number of rotatable bonds is 3. The van der Waals surface area contributed by atoms with Gasteiger partial charge in [-0.25, -0.2) is 4.98 Å². The second-order valence-corrected chi connectivity index (χ2v) is 8.51. The summed E-state index contributed by atoms with van der Waals surface area (Å²) in [6.45, 7) is 3.70. The van der Waals surface area contributed by atoms with Crippen molar-refractivity contribution >= 4 is 10.9 Å². The van der Waals surface area contributed by atoms with E-state index in [1.165, 1.54) is 10.9 Å². The van der Waals surface area contributed by atoms with Crippen molar-refractivity contribution in [1.29, 1.82) is 0 Å². The van der Waals surface area contributed by atoms with Gasteiger partial charge >= 0.3 is 0 Å². The number of nitrogens with zero attached hydrogens (tertiary/aromatic N) is 4. The number of H-pyrrole nitrogens is 1. The maximum absolute atomic E-state index is 13.1. The van der Waals surface area contributed by atoms with E-state index in [2.05, 4.69) is 50.2 Å². The number of nitrogens with one attached hydrogen (secondary N) is 1. The molecular formula is C24H23N5O. The number of imidazole rings is 1. The fourth-order valence-electron chi connectivity index (χ4n) is 5.30. The lowest BCUT2D eigenvalue weighted by Gasteiger charge is -2.43. The maximum atomic E-state index is 13.1. The molecule has 1 fully saturated rings. The number of fused-ring (bicyclic) bond motifs is 5. The Morgan fingerprint density at radius 1 is 1.00 bits per heavy atom. The van der Waals surface area contributed by atoms with Crippen LogP contribution in [-0.4, -0.2) is 37.5 Å². The van der Waals surface area contributed by atoms with E-state index in [1.807, 2.05) is 22.9 Å². The summed E-state index contributed by atoms with van der Waals surface area (Å²) in [5.41, 5.74) is 4.27. The zero-order chi connectivity index (χ0) is 20.1. The number of hydrogen-bond donors (Lipinski definition) is 1. The van der Waals surface area contributed by atoms with Gasteiger partial charge in [0.2, 0.25) is 0 Å². The number of likely N-dealkylation sites (tertiary alicyclic amines) is 1. The molecule has 4 aromatic rings. The van der Waals surface area contributed by atoms with Crippen LogP contribution in [0.1, 0.15) is 23.6 Å². The van der Waals surface area contributed by atoms with Crippen molar-refractivity contribution in [1.82, 2.24) is 24.4 Å². The smallest absolute Gasteiger partial charge is 0.261 e. The Morgan fingerprint density at radius 2 is 1.93 bits per heavy atom. The predicted molar refractivity (Wildman–Crippen MR) is 116 cm³/mol. The normalized spacial score (nSPS) is 20.9. The van der Waals surface area contributed by atoms with Gasteiger partial charge < -0.3 is 9.55 Å². The molecular weight excluding hydrogens is 374 g/mol. The highest BCUT2D eigenvalue weighted by molar-refractivity contribution is 5.81. The van der Waals surface area contributed by atoms with Gasteiger partial charge in [0, 0.05) is 61.8 Å². The number of benzene rings is 1. The average molecular weight is 397 g/mol. The lowest BCUT2D eigenvalue weighted by Crippen LogP contribution is -2.47. The van der Waals surface area contributed by atoms with E-state index in [0.717, 1.165) is 43.8 Å². The molecule has 2 bridgehead atoms. The molecule has 3 aromatic heterocycles. The minimum atomic E-state index is 0.0747. The predicted octanol–water partition coefficient (Wildman–Crippen LogP) is 3.41. The van der Waals surface area contributed by atoms with Gasteiger partial charge in [-0.3, -0.25) is 14.7 Å². The molecule has 0 aliphatic carbocycles. The number of para-hydroxylation sites is 1. The Bertz CT molecular complexity index is 1270. The van der Waals surface area contributed by atoms with Crippen LogP contribution in [0.5, 0.6) is 0 Å². The molecule has 0 amide bonds. The second kappa shape index (κ2) is 6.92. The Morgan fingerprint density at radius 3 is 2.83 bits per heavy atom. The minimum Gasteiger partial charge on any atom is -0.344 e. The van der Waals surface area contributed by atoms with Crippen molar-refractivity contribution < 1.29 is 0 Å². The van der Waals surface area contributed by atoms with E-state index in [1.54, 1.807) is 12.4 Å². The van der Waals surface area contributed by atoms with Gasteiger partial charge in [-0.05, 0) is 42.2 Å². The molecule has 2 aliphatic rings. The maximum Gasteiger partial charge on any atom is 0.261 e. The van der Waals surface area contributed by atoms with Crippen LogP contribution >= 0.6 is 0 Å². The van der Waals surface area contributed by atoms with Crippen LogP contribution in [0.4, 0.5) is 0 Å². The summed E-state index contributed by atoms with van der Waals surface area (Å²) in [4.78, 5) is 27.5. The number of aromatic amines is 1. The van der Waals surface area contributed by atoms with E-state index in [4.69, 9.17) is 0 Å². The summed E-state index contributed by atoms with van der Waals surface area (Å²) in [5, 5.41) is 1.23. The molecule has 2 aliphatic heterocycles.